The van der Waals surface area contributed by atoms with E-state index in [0.29, 0.717) is 10.2 Å². The first-order chi connectivity index (χ1) is 6.95. The van der Waals surface area contributed by atoms with Crippen LogP contribution in [-0.4, -0.2) is 19.8 Å². The third kappa shape index (κ3) is 3.59. The molecule has 0 aromatic heterocycles. The second-order valence-electron chi connectivity index (χ2n) is 3.49. The van der Waals surface area contributed by atoms with Crippen LogP contribution in [0.5, 0.6) is 0 Å². The summed E-state index contributed by atoms with van der Waals surface area (Å²) in [4.78, 5) is 0.306. The van der Waals surface area contributed by atoms with E-state index in [4.69, 9.17) is 0 Å². The average Bonchev–Trinajstić information content (AvgIpc) is 2.17. The first-order valence-electron chi connectivity index (χ1n) is 4.60. The summed E-state index contributed by atoms with van der Waals surface area (Å²) in [5.74, 6) is 0. The number of aryl methyl sites for hydroxylation is 1. The number of hydrogen-bond donors (Lipinski definition) is 1. The van der Waals surface area contributed by atoms with Gasteiger partial charge in [0, 0.05) is 11.4 Å². The maximum absolute atomic E-state index is 11.8. The van der Waals surface area contributed by atoms with Crippen LogP contribution in [0.4, 0.5) is 0 Å². The molecule has 0 aliphatic heterocycles. The van der Waals surface area contributed by atoms with Crippen molar-refractivity contribution < 1.29 is 8.42 Å². The number of rotatable bonds is 4. The van der Waals surface area contributed by atoms with Gasteiger partial charge in [0.1, 0.15) is 0 Å². The maximum atomic E-state index is 11.8. The molecule has 0 saturated heterocycles. The molecule has 1 aromatic carbocycles. The molecule has 1 aromatic rings. The minimum Gasteiger partial charge on any atom is -0.208 e. The molecule has 0 fully saturated rings. The Labute approximate surface area is 99.1 Å². The van der Waals surface area contributed by atoms with Crippen LogP contribution in [0.1, 0.15) is 12.5 Å². The molecule has 1 N–H and O–H groups in total. The van der Waals surface area contributed by atoms with Gasteiger partial charge in [-0.2, -0.15) is 0 Å². The van der Waals surface area contributed by atoms with Crippen LogP contribution in [0, 0.1) is 6.92 Å². The highest BCUT2D eigenvalue weighted by atomic mass is 79.9. The second kappa shape index (κ2) is 5.09. The van der Waals surface area contributed by atoms with Gasteiger partial charge in [-0.1, -0.05) is 33.6 Å². The molecular formula is C10H14BrNO2S. The fourth-order valence-electron chi connectivity index (χ4n) is 1.08. The summed E-state index contributed by atoms with van der Waals surface area (Å²) in [7, 11) is -3.37. The van der Waals surface area contributed by atoms with Crippen molar-refractivity contribution in [3.8, 4) is 0 Å². The predicted molar refractivity (Wildman–Crippen MR) is 64.8 cm³/mol. The van der Waals surface area contributed by atoms with Gasteiger partial charge >= 0.3 is 0 Å². The van der Waals surface area contributed by atoms with Crippen molar-refractivity contribution >= 4 is 26.0 Å². The lowest BCUT2D eigenvalue weighted by atomic mass is 10.2. The third-order valence-corrected chi connectivity index (χ3v) is 4.50. The van der Waals surface area contributed by atoms with Crippen LogP contribution in [-0.2, 0) is 10.0 Å². The van der Waals surface area contributed by atoms with E-state index < -0.39 is 10.0 Å². The molecule has 0 aliphatic rings. The first kappa shape index (κ1) is 12.7. The van der Waals surface area contributed by atoms with E-state index in [1.807, 2.05) is 6.92 Å². The predicted octanol–water partition coefficient (Wildman–Crippen LogP) is 2.06. The number of sulfonamides is 1. The summed E-state index contributed by atoms with van der Waals surface area (Å²) in [5.41, 5.74) is 1.04. The minimum atomic E-state index is -3.37. The Bertz CT molecular complexity index is 414. The lowest BCUT2D eigenvalue weighted by molar-refractivity contribution is 0.571. The fraction of sp³-hybridized carbons (Fsp3) is 0.400. The summed E-state index contributed by atoms with van der Waals surface area (Å²) >= 11 is 3.22. The standard InChI is InChI=1S/C10H14BrNO2S/c1-8-3-5-10(6-4-8)15(13,14)12-9(2)7-11/h3-6,9,12H,7H2,1-2H3/t9-/m0/s1. The normalized spacial score (nSPS) is 13.8. The molecule has 0 bridgehead atoms. The molecule has 1 atom stereocenters. The van der Waals surface area contributed by atoms with Gasteiger partial charge in [0.05, 0.1) is 4.90 Å². The Balaban J connectivity index is 2.91. The highest BCUT2D eigenvalue weighted by Crippen LogP contribution is 2.10. The quantitative estimate of drug-likeness (QED) is 0.863. The molecule has 0 spiro atoms. The van der Waals surface area contributed by atoms with Crippen molar-refractivity contribution in [2.24, 2.45) is 0 Å². The molecule has 15 heavy (non-hydrogen) atoms. The van der Waals surface area contributed by atoms with Crippen LogP contribution >= 0.6 is 15.9 Å². The van der Waals surface area contributed by atoms with Crippen LogP contribution in [0.2, 0.25) is 0 Å². The van der Waals surface area contributed by atoms with E-state index in [1.54, 1.807) is 31.2 Å². The van der Waals surface area contributed by atoms with Crippen molar-refractivity contribution in [2.45, 2.75) is 24.8 Å². The zero-order valence-corrected chi connectivity index (χ0v) is 11.1. The van der Waals surface area contributed by atoms with Crippen molar-refractivity contribution in [1.29, 1.82) is 0 Å². The summed E-state index contributed by atoms with van der Waals surface area (Å²) in [6.45, 7) is 3.73. The number of halogens is 1. The largest absolute Gasteiger partial charge is 0.240 e. The third-order valence-electron chi connectivity index (χ3n) is 1.92. The zero-order chi connectivity index (χ0) is 11.5. The Hall–Kier alpha value is -0.390. The smallest absolute Gasteiger partial charge is 0.208 e. The topological polar surface area (TPSA) is 46.2 Å². The number of hydrogen-bond acceptors (Lipinski definition) is 2. The van der Waals surface area contributed by atoms with Gasteiger partial charge in [-0.05, 0) is 26.0 Å². The molecule has 3 nitrogen and oxygen atoms in total. The van der Waals surface area contributed by atoms with Gasteiger partial charge in [-0.15, -0.1) is 0 Å². The van der Waals surface area contributed by atoms with Crippen LogP contribution in [0.15, 0.2) is 29.2 Å². The van der Waals surface area contributed by atoms with Crippen molar-refractivity contribution in [2.75, 3.05) is 5.33 Å². The molecular weight excluding hydrogens is 278 g/mol. The van der Waals surface area contributed by atoms with Crippen LogP contribution in [0.25, 0.3) is 0 Å². The van der Waals surface area contributed by atoms with Crippen molar-refractivity contribution in [3.05, 3.63) is 29.8 Å². The molecule has 0 heterocycles. The minimum absolute atomic E-state index is 0.115. The van der Waals surface area contributed by atoms with Gasteiger partial charge in [-0.3, -0.25) is 0 Å². The number of benzene rings is 1. The molecule has 0 aliphatic carbocycles. The highest BCUT2D eigenvalue weighted by Gasteiger charge is 2.15. The number of nitrogens with one attached hydrogen (secondary N) is 1. The monoisotopic (exact) mass is 291 g/mol. The SMILES string of the molecule is Cc1ccc(S(=O)(=O)N[C@@H](C)CBr)cc1. The van der Waals surface area contributed by atoms with E-state index in [1.165, 1.54) is 0 Å². The van der Waals surface area contributed by atoms with E-state index in [2.05, 4.69) is 20.7 Å². The second-order valence-corrected chi connectivity index (χ2v) is 5.85. The summed E-state index contributed by atoms with van der Waals surface area (Å²) in [6.07, 6.45) is 0. The molecule has 1 rings (SSSR count). The fourth-order valence-corrected chi connectivity index (χ4v) is 2.70. The Morgan fingerprint density at radius 2 is 1.87 bits per heavy atom. The van der Waals surface area contributed by atoms with Crippen molar-refractivity contribution in [3.63, 3.8) is 0 Å². The van der Waals surface area contributed by atoms with E-state index in [9.17, 15) is 8.42 Å². The van der Waals surface area contributed by atoms with Gasteiger partial charge in [-0.25, -0.2) is 13.1 Å². The first-order valence-corrected chi connectivity index (χ1v) is 7.21. The highest BCUT2D eigenvalue weighted by molar-refractivity contribution is 9.09. The molecule has 0 radical (unpaired) electrons. The summed E-state index contributed by atoms with van der Waals surface area (Å²) in [6, 6.07) is 6.68. The summed E-state index contributed by atoms with van der Waals surface area (Å²) in [5, 5.41) is 0.595. The lowest BCUT2D eigenvalue weighted by Gasteiger charge is -2.11. The maximum Gasteiger partial charge on any atom is 0.240 e. The zero-order valence-electron chi connectivity index (χ0n) is 8.70. The molecule has 0 saturated carbocycles. The average molecular weight is 292 g/mol. The Morgan fingerprint density at radius 1 is 1.33 bits per heavy atom. The van der Waals surface area contributed by atoms with Gasteiger partial charge in [0.2, 0.25) is 10.0 Å². The van der Waals surface area contributed by atoms with Gasteiger partial charge in [0.25, 0.3) is 0 Å². The van der Waals surface area contributed by atoms with Gasteiger partial charge < -0.3 is 0 Å². The lowest BCUT2D eigenvalue weighted by Crippen LogP contribution is -2.33. The molecule has 84 valence electrons. The van der Waals surface area contributed by atoms with E-state index in [-0.39, 0.29) is 6.04 Å². The Morgan fingerprint density at radius 3 is 2.33 bits per heavy atom. The number of alkyl halides is 1. The summed E-state index contributed by atoms with van der Waals surface area (Å²) < 4.78 is 26.1. The van der Waals surface area contributed by atoms with Crippen LogP contribution in [0.3, 0.4) is 0 Å². The molecule has 0 unspecified atom stereocenters. The van der Waals surface area contributed by atoms with E-state index in [0.717, 1.165) is 5.56 Å². The van der Waals surface area contributed by atoms with E-state index >= 15 is 0 Å². The van der Waals surface area contributed by atoms with Crippen LogP contribution < -0.4 is 4.72 Å². The molecule has 5 heteroatoms. The molecule has 0 amide bonds. The van der Waals surface area contributed by atoms with Gasteiger partial charge in [0.15, 0.2) is 0 Å². The Kier molecular flexibility index (Phi) is 4.31. The van der Waals surface area contributed by atoms with Crippen molar-refractivity contribution in [1.82, 2.24) is 4.72 Å².